The first-order valence-corrected chi connectivity index (χ1v) is 15.5. The zero-order valence-electron chi connectivity index (χ0n) is 23.0. The first-order valence-electron chi connectivity index (χ1n) is 13.3. The third-order valence-corrected chi connectivity index (χ3v) is 8.02. The second-order valence-electron chi connectivity index (χ2n) is 9.65. The Hall–Kier alpha value is -3.50. The highest BCUT2D eigenvalue weighted by molar-refractivity contribution is 7.92. The molecule has 3 aromatic rings. The Morgan fingerprint density at radius 3 is 2.29 bits per heavy atom. The van der Waals surface area contributed by atoms with Crippen LogP contribution in [0.25, 0.3) is 0 Å². The van der Waals surface area contributed by atoms with Crippen LogP contribution >= 0.6 is 11.6 Å². The topological polar surface area (TPSA) is 86.8 Å². The van der Waals surface area contributed by atoms with E-state index < -0.39 is 27.7 Å². The Morgan fingerprint density at radius 1 is 0.976 bits per heavy atom. The maximum Gasteiger partial charge on any atom is 0.243 e. The number of carbonyl (C=O) groups is 2. The van der Waals surface area contributed by atoms with Crippen molar-refractivity contribution < 1.29 is 26.8 Å². The van der Waals surface area contributed by atoms with Crippen LogP contribution in [-0.2, 0) is 32.6 Å². The monoisotopic (exact) mass is 605 g/mol. The van der Waals surface area contributed by atoms with Gasteiger partial charge in [-0.05, 0) is 42.2 Å². The fourth-order valence-electron chi connectivity index (χ4n) is 4.37. The lowest BCUT2D eigenvalue weighted by molar-refractivity contribution is -0.141. The Bertz CT molecular complexity index is 1440. The van der Waals surface area contributed by atoms with E-state index in [-0.39, 0.29) is 49.9 Å². The van der Waals surface area contributed by atoms with Crippen LogP contribution in [0.1, 0.15) is 37.3 Å². The maximum atomic E-state index is 13.8. The van der Waals surface area contributed by atoms with Gasteiger partial charge in [0.15, 0.2) is 11.6 Å². The number of amides is 2. The third kappa shape index (κ3) is 9.26. The molecule has 0 aliphatic rings. The number of hydrogen-bond donors (Lipinski definition) is 1. The average Bonchev–Trinajstić information content (AvgIpc) is 2.94. The highest BCUT2D eigenvalue weighted by atomic mass is 35.5. The molecule has 1 atom stereocenters. The standard InChI is InChI=1S/C30H34ClF2N3O4S/c1-3-17-34-30(38)28(19-22-10-5-4-6-11-22)35(21-23-12-7-8-13-25(23)31)29(37)14-9-18-36(41(2,39)40)24-15-16-26(32)27(33)20-24/h4-8,10-13,15-16,20,28H,3,9,14,17-19,21H2,1-2H3,(H,34,38)/t28-/m1/s1. The summed E-state index contributed by atoms with van der Waals surface area (Å²) in [5.41, 5.74) is 1.47. The summed E-state index contributed by atoms with van der Waals surface area (Å²) in [5, 5.41) is 3.34. The SMILES string of the molecule is CCCNC(=O)[C@@H](Cc1ccccc1)N(Cc1ccccc1Cl)C(=O)CCCN(c1ccc(F)c(F)c1)S(C)(=O)=O. The molecule has 220 valence electrons. The summed E-state index contributed by atoms with van der Waals surface area (Å²) in [4.78, 5) is 28.6. The van der Waals surface area contributed by atoms with Crippen LogP contribution in [-0.4, -0.2) is 50.5 Å². The van der Waals surface area contributed by atoms with E-state index in [1.165, 1.54) is 11.0 Å². The molecule has 0 aliphatic carbocycles. The van der Waals surface area contributed by atoms with Gasteiger partial charge in [0.05, 0.1) is 11.9 Å². The van der Waals surface area contributed by atoms with Crippen LogP contribution in [0.3, 0.4) is 0 Å². The number of carbonyl (C=O) groups excluding carboxylic acids is 2. The van der Waals surface area contributed by atoms with E-state index in [2.05, 4.69) is 5.32 Å². The normalized spacial score (nSPS) is 12.0. The molecule has 0 aromatic heterocycles. The summed E-state index contributed by atoms with van der Waals surface area (Å²) in [6.45, 7) is 2.28. The Labute approximate surface area is 245 Å². The van der Waals surface area contributed by atoms with Crippen molar-refractivity contribution >= 4 is 39.1 Å². The molecule has 0 spiro atoms. The maximum absolute atomic E-state index is 13.8. The molecule has 1 N–H and O–H groups in total. The Balaban J connectivity index is 1.88. The number of sulfonamides is 1. The summed E-state index contributed by atoms with van der Waals surface area (Å²) < 4.78 is 53.2. The van der Waals surface area contributed by atoms with Crippen molar-refractivity contribution in [3.63, 3.8) is 0 Å². The van der Waals surface area contributed by atoms with Crippen LogP contribution in [0.15, 0.2) is 72.8 Å². The largest absolute Gasteiger partial charge is 0.354 e. The lowest BCUT2D eigenvalue weighted by Crippen LogP contribution is -2.50. The molecule has 0 aliphatic heterocycles. The average molecular weight is 606 g/mol. The number of nitrogens with one attached hydrogen (secondary N) is 1. The van der Waals surface area contributed by atoms with Gasteiger partial charge in [0.25, 0.3) is 0 Å². The molecule has 0 radical (unpaired) electrons. The fourth-order valence-corrected chi connectivity index (χ4v) is 5.53. The summed E-state index contributed by atoms with van der Waals surface area (Å²) >= 11 is 6.42. The van der Waals surface area contributed by atoms with Gasteiger partial charge in [-0.1, -0.05) is 67.1 Å². The Kier molecular flexibility index (Phi) is 11.7. The molecule has 0 heterocycles. The molecule has 0 saturated heterocycles. The van der Waals surface area contributed by atoms with Gasteiger partial charge in [0.1, 0.15) is 6.04 Å². The number of nitrogens with zero attached hydrogens (tertiary/aromatic N) is 2. The van der Waals surface area contributed by atoms with E-state index in [9.17, 15) is 26.8 Å². The summed E-state index contributed by atoms with van der Waals surface area (Å²) in [6.07, 6.45) is 1.89. The molecule has 0 unspecified atom stereocenters. The van der Waals surface area contributed by atoms with Gasteiger partial charge < -0.3 is 10.2 Å². The zero-order valence-corrected chi connectivity index (χ0v) is 24.6. The molecular weight excluding hydrogens is 572 g/mol. The molecule has 41 heavy (non-hydrogen) atoms. The van der Waals surface area contributed by atoms with E-state index in [0.29, 0.717) is 23.6 Å². The third-order valence-electron chi connectivity index (χ3n) is 6.46. The molecule has 2 amide bonds. The minimum atomic E-state index is -3.86. The summed E-state index contributed by atoms with van der Waals surface area (Å²) in [5.74, 6) is -2.97. The van der Waals surface area contributed by atoms with Gasteiger partial charge in [0.2, 0.25) is 21.8 Å². The van der Waals surface area contributed by atoms with Crippen molar-refractivity contribution in [2.45, 2.75) is 45.2 Å². The van der Waals surface area contributed by atoms with Crippen LogP contribution in [0.5, 0.6) is 0 Å². The van der Waals surface area contributed by atoms with Crippen LogP contribution < -0.4 is 9.62 Å². The van der Waals surface area contributed by atoms with E-state index in [1.807, 2.05) is 37.3 Å². The number of rotatable bonds is 14. The van der Waals surface area contributed by atoms with Gasteiger partial charge in [0, 0.05) is 43.6 Å². The first-order chi connectivity index (χ1) is 19.5. The Morgan fingerprint density at radius 2 is 1.66 bits per heavy atom. The predicted molar refractivity (Wildman–Crippen MR) is 157 cm³/mol. The molecule has 0 bridgehead atoms. The molecule has 3 aromatic carbocycles. The molecule has 3 rings (SSSR count). The van der Waals surface area contributed by atoms with Crippen molar-refractivity contribution in [1.82, 2.24) is 10.2 Å². The second kappa shape index (κ2) is 14.9. The number of benzene rings is 3. The van der Waals surface area contributed by atoms with Crippen molar-refractivity contribution in [2.75, 3.05) is 23.7 Å². The van der Waals surface area contributed by atoms with Gasteiger partial charge in [-0.15, -0.1) is 0 Å². The van der Waals surface area contributed by atoms with E-state index in [4.69, 9.17) is 11.6 Å². The minimum Gasteiger partial charge on any atom is -0.354 e. The quantitative estimate of drug-likeness (QED) is 0.269. The van der Waals surface area contributed by atoms with Crippen LogP contribution in [0, 0.1) is 11.6 Å². The molecule has 11 heteroatoms. The highest BCUT2D eigenvalue weighted by Crippen LogP contribution is 2.23. The fraction of sp³-hybridized carbons (Fsp3) is 0.333. The van der Waals surface area contributed by atoms with Gasteiger partial charge in [-0.25, -0.2) is 17.2 Å². The number of halogens is 3. The molecule has 0 saturated carbocycles. The molecule has 0 fully saturated rings. The predicted octanol–water partition coefficient (Wildman–Crippen LogP) is 5.33. The number of anilines is 1. The van der Waals surface area contributed by atoms with Gasteiger partial charge in [-0.3, -0.25) is 13.9 Å². The zero-order chi connectivity index (χ0) is 30.0. The smallest absolute Gasteiger partial charge is 0.243 e. The lowest BCUT2D eigenvalue weighted by Gasteiger charge is -2.32. The van der Waals surface area contributed by atoms with Gasteiger partial charge >= 0.3 is 0 Å². The highest BCUT2D eigenvalue weighted by Gasteiger charge is 2.31. The second-order valence-corrected chi connectivity index (χ2v) is 12.0. The van der Waals surface area contributed by atoms with Crippen LogP contribution in [0.4, 0.5) is 14.5 Å². The van der Waals surface area contributed by atoms with Crippen LogP contribution in [0.2, 0.25) is 5.02 Å². The van der Waals surface area contributed by atoms with Crippen molar-refractivity contribution in [1.29, 1.82) is 0 Å². The number of hydrogen-bond acceptors (Lipinski definition) is 4. The molecule has 7 nitrogen and oxygen atoms in total. The van der Waals surface area contributed by atoms with Gasteiger partial charge in [-0.2, -0.15) is 0 Å². The van der Waals surface area contributed by atoms with E-state index in [1.54, 1.807) is 24.3 Å². The molecular formula is C30H34ClF2N3O4S. The summed E-state index contributed by atoms with van der Waals surface area (Å²) in [6, 6.07) is 18.3. The van der Waals surface area contributed by atoms with Crippen molar-refractivity contribution in [3.05, 3.63) is 101 Å². The van der Waals surface area contributed by atoms with Crippen molar-refractivity contribution in [3.8, 4) is 0 Å². The summed E-state index contributed by atoms with van der Waals surface area (Å²) in [7, 11) is -3.86. The van der Waals surface area contributed by atoms with Crippen molar-refractivity contribution in [2.24, 2.45) is 0 Å². The minimum absolute atomic E-state index is 0.0485. The lowest BCUT2D eigenvalue weighted by atomic mass is 10.0. The van der Waals surface area contributed by atoms with E-state index in [0.717, 1.165) is 28.3 Å². The van der Waals surface area contributed by atoms with E-state index >= 15 is 0 Å². The first kappa shape index (κ1) is 32.0.